The molecule has 39 heavy (non-hydrogen) atoms. The first kappa shape index (κ1) is 27.2. The normalized spacial score (nSPS) is 15.2. The van der Waals surface area contributed by atoms with Gasteiger partial charge in [-0.1, -0.05) is 29.3 Å². The van der Waals surface area contributed by atoms with E-state index in [0.717, 1.165) is 34.0 Å². The van der Waals surface area contributed by atoms with E-state index in [4.69, 9.17) is 16.7 Å². The molecule has 1 saturated heterocycles. The zero-order valence-corrected chi connectivity index (χ0v) is 23.3. The number of aromatic nitrogens is 5. The molecule has 0 saturated carbocycles. The lowest BCUT2D eigenvalue weighted by molar-refractivity contribution is 0.102. The molecule has 1 atom stereocenters. The zero-order chi connectivity index (χ0) is 26.2. The Morgan fingerprint density at radius 3 is 2.64 bits per heavy atom. The summed E-state index contributed by atoms with van der Waals surface area (Å²) in [4.78, 5) is 17.6. The number of carbonyl (C=O) groups is 1. The summed E-state index contributed by atoms with van der Waals surface area (Å²) in [6, 6.07) is 15.3. The van der Waals surface area contributed by atoms with E-state index in [2.05, 4.69) is 15.4 Å². The number of halogens is 1. The predicted molar refractivity (Wildman–Crippen MR) is 152 cm³/mol. The summed E-state index contributed by atoms with van der Waals surface area (Å²) in [6.45, 7) is 3.39. The van der Waals surface area contributed by atoms with Gasteiger partial charge < -0.3 is 10.8 Å². The van der Waals surface area contributed by atoms with Crippen LogP contribution in [0.15, 0.2) is 71.3 Å². The highest BCUT2D eigenvalue weighted by Gasteiger charge is 2.28. The smallest absolute Gasteiger partial charge is 0.262 e. The number of amides is 1. The number of anilines is 1. The van der Waals surface area contributed by atoms with Gasteiger partial charge in [-0.2, -0.15) is 10.2 Å². The quantitative estimate of drug-likeness (QED) is 0.319. The Balaban J connectivity index is 0.00000308. The number of rotatable bonds is 6. The number of nitrogens with one attached hydrogen (secondary N) is 1. The third-order valence-electron chi connectivity index (χ3n) is 6.60. The molecule has 5 heterocycles. The van der Waals surface area contributed by atoms with Crippen molar-refractivity contribution in [1.82, 2.24) is 28.7 Å². The lowest BCUT2D eigenvalue weighted by atomic mass is 9.95. The van der Waals surface area contributed by atoms with Crippen LogP contribution in [0.25, 0.3) is 11.3 Å². The van der Waals surface area contributed by atoms with Crippen LogP contribution in [0.2, 0.25) is 4.34 Å². The summed E-state index contributed by atoms with van der Waals surface area (Å²) in [5, 5.41) is 12.2. The van der Waals surface area contributed by atoms with Gasteiger partial charge in [0.2, 0.25) is 0 Å². The van der Waals surface area contributed by atoms with Gasteiger partial charge in [0.1, 0.15) is 26.6 Å². The van der Waals surface area contributed by atoms with E-state index in [1.54, 1.807) is 33.7 Å². The van der Waals surface area contributed by atoms with E-state index in [1.807, 2.05) is 47.6 Å². The summed E-state index contributed by atoms with van der Waals surface area (Å²) in [5.74, 6) is 0.442. The number of carbonyl (C=O) groups excluding carboxylic acids is 1. The number of thiophene rings is 1. The van der Waals surface area contributed by atoms with Crippen molar-refractivity contribution >= 4 is 51.3 Å². The fourth-order valence-electron chi connectivity index (χ4n) is 4.58. The lowest BCUT2D eigenvalue weighted by Gasteiger charge is -2.29. The standard InChI is InChI=1S/C26H24ClN7O2S2.H2O/c1-17-3-5-19(6-4-17)34-23(30-26(35)20-16-29-33-12-2-11-28-25(20)33)15-21(31-34)18-9-13-32(14-10-18)38(36)24-8-7-22(27)37-24;/h2-8,11-12,15-16,18H,9-10,13-14H2,1H3,(H,30,35);1H2. The summed E-state index contributed by atoms with van der Waals surface area (Å²) in [6.07, 6.45) is 6.51. The number of hydrogen-bond donors (Lipinski definition) is 1. The van der Waals surface area contributed by atoms with Gasteiger partial charge in [-0.3, -0.25) is 4.79 Å². The molecule has 0 spiro atoms. The molecule has 6 rings (SSSR count). The van der Waals surface area contributed by atoms with E-state index in [0.29, 0.717) is 34.5 Å². The van der Waals surface area contributed by atoms with E-state index in [1.165, 1.54) is 17.5 Å². The third kappa shape index (κ3) is 5.52. The second-order valence-corrected chi connectivity index (χ2v) is 12.5. The molecule has 1 amide bonds. The molecule has 13 heteroatoms. The Labute approximate surface area is 236 Å². The number of aryl methyl sites for hydroxylation is 1. The first-order valence-electron chi connectivity index (χ1n) is 12.1. The van der Waals surface area contributed by atoms with Crippen LogP contribution >= 0.6 is 22.9 Å². The molecule has 0 radical (unpaired) electrons. The van der Waals surface area contributed by atoms with Gasteiger partial charge in [0, 0.05) is 37.5 Å². The third-order valence-corrected chi connectivity index (χ3v) is 9.62. The van der Waals surface area contributed by atoms with Crippen LogP contribution in [0, 0.1) is 6.92 Å². The van der Waals surface area contributed by atoms with E-state index in [-0.39, 0.29) is 17.3 Å². The molecule has 1 aliphatic heterocycles. The van der Waals surface area contributed by atoms with Gasteiger partial charge in [0.25, 0.3) is 5.91 Å². The van der Waals surface area contributed by atoms with Crippen LogP contribution < -0.4 is 5.32 Å². The summed E-state index contributed by atoms with van der Waals surface area (Å²) < 4.78 is 19.7. The fraction of sp³-hybridized carbons (Fsp3) is 0.231. The minimum atomic E-state index is -1.22. The zero-order valence-electron chi connectivity index (χ0n) is 21.0. The Hall–Kier alpha value is -3.42. The Bertz CT molecular complexity index is 1640. The molecule has 3 N–H and O–H groups in total. The molecule has 202 valence electrons. The molecule has 1 aromatic carbocycles. The van der Waals surface area contributed by atoms with Crippen molar-refractivity contribution in [3.05, 3.63) is 88.3 Å². The summed E-state index contributed by atoms with van der Waals surface area (Å²) >= 11 is 7.39. The maximum absolute atomic E-state index is 13.3. The average molecular weight is 584 g/mol. The predicted octanol–water partition coefficient (Wildman–Crippen LogP) is 4.27. The number of benzene rings is 1. The van der Waals surface area contributed by atoms with E-state index >= 15 is 0 Å². The first-order valence-corrected chi connectivity index (χ1v) is 14.5. The SMILES string of the molecule is Cc1ccc(-n2nc(C3CCN(S(=O)c4ccc(Cl)s4)CC3)cc2NC(=O)c2cnn3cccnc23)cc1.O. The van der Waals surface area contributed by atoms with Crippen molar-refractivity contribution < 1.29 is 14.5 Å². The van der Waals surface area contributed by atoms with Crippen molar-refractivity contribution in [1.29, 1.82) is 0 Å². The molecular formula is C26H26ClN7O3S2. The Morgan fingerprint density at radius 2 is 1.92 bits per heavy atom. The van der Waals surface area contributed by atoms with Crippen LogP contribution in [-0.4, -0.2) is 57.4 Å². The first-order chi connectivity index (χ1) is 18.5. The maximum atomic E-state index is 13.3. The highest BCUT2D eigenvalue weighted by atomic mass is 35.5. The summed E-state index contributed by atoms with van der Waals surface area (Å²) in [5.41, 5.74) is 3.75. The monoisotopic (exact) mass is 583 g/mol. The molecule has 5 aromatic rings. The van der Waals surface area contributed by atoms with Crippen molar-refractivity contribution in [2.75, 3.05) is 18.4 Å². The van der Waals surface area contributed by atoms with Gasteiger partial charge in [-0.15, -0.1) is 11.3 Å². The van der Waals surface area contributed by atoms with Gasteiger partial charge in [-0.25, -0.2) is 22.7 Å². The van der Waals surface area contributed by atoms with Gasteiger partial charge in [0.15, 0.2) is 5.65 Å². The van der Waals surface area contributed by atoms with Crippen LogP contribution in [0.1, 0.15) is 40.4 Å². The average Bonchev–Trinajstić information content (AvgIpc) is 3.67. The minimum Gasteiger partial charge on any atom is -0.412 e. The highest BCUT2D eigenvalue weighted by molar-refractivity contribution is 7.85. The highest BCUT2D eigenvalue weighted by Crippen LogP contribution is 2.33. The summed E-state index contributed by atoms with van der Waals surface area (Å²) in [7, 11) is -1.22. The molecular weight excluding hydrogens is 558 g/mol. The Morgan fingerprint density at radius 1 is 1.15 bits per heavy atom. The number of fused-ring (bicyclic) bond motifs is 1. The second kappa shape index (κ2) is 11.4. The minimum absolute atomic E-state index is 0. The topological polar surface area (TPSA) is 129 Å². The van der Waals surface area contributed by atoms with Crippen molar-refractivity contribution in [3.63, 3.8) is 0 Å². The fourth-order valence-corrected chi connectivity index (χ4v) is 7.34. The van der Waals surface area contributed by atoms with Crippen LogP contribution in [0.5, 0.6) is 0 Å². The number of nitrogens with zero attached hydrogens (tertiary/aromatic N) is 6. The van der Waals surface area contributed by atoms with Crippen LogP contribution in [-0.2, 0) is 11.0 Å². The molecule has 1 aliphatic rings. The number of piperidine rings is 1. The van der Waals surface area contributed by atoms with Crippen molar-refractivity contribution in [3.8, 4) is 5.69 Å². The molecule has 1 fully saturated rings. The lowest BCUT2D eigenvalue weighted by Crippen LogP contribution is -2.34. The van der Waals surface area contributed by atoms with Gasteiger partial charge in [0.05, 0.1) is 21.9 Å². The second-order valence-electron chi connectivity index (χ2n) is 9.11. The largest absolute Gasteiger partial charge is 0.412 e. The maximum Gasteiger partial charge on any atom is 0.262 e. The molecule has 0 bridgehead atoms. The van der Waals surface area contributed by atoms with E-state index in [9.17, 15) is 9.00 Å². The molecule has 1 unspecified atom stereocenters. The van der Waals surface area contributed by atoms with Crippen molar-refractivity contribution in [2.45, 2.75) is 29.9 Å². The van der Waals surface area contributed by atoms with Gasteiger partial charge >= 0.3 is 0 Å². The molecule has 0 aliphatic carbocycles. The van der Waals surface area contributed by atoms with Crippen molar-refractivity contribution in [2.24, 2.45) is 0 Å². The molecule has 10 nitrogen and oxygen atoms in total. The van der Waals surface area contributed by atoms with Crippen LogP contribution in [0.4, 0.5) is 5.82 Å². The van der Waals surface area contributed by atoms with E-state index < -0.39 is 11.0 Å². The van der Waals surface area contributed by atoms with Crippen LogP contribution in [0.3, 0.4) is 0 Å². The molecule has 4 aromatic heterocycles. The Kier molecular flexibility index (Phi) is 7.91. The number of hydrogen-bond acceptors (Lipinski definition) is 6. The van der Waals surface area contributed by atoms with Gasteiger partial charge in [-0.05, 0) is 50.1 Å².